The second-order valence-electron chi connectivity index (χ2n) is 5.07. The summed E-state index contributed by atoms with van der Waals surface area (Å²) < 4.78 is 4.34. The number of rotatable bonds is 5. The van der Waals surface area contributed by atoms with Crippen molar-refractivity contribution in [2.75, 3.05) is 6.54 Å². The Morgan fingerprint density at radius 1 is 1.25 bits per heavy atom. The van der Waals surface area contributed by atoms with Crippen LogP contribution in [0.5, 0.6) is 0 Å². The molecule has 0 aliphatic heterocycles. The van der Waals surface area contributed by atoms with Gasteiger partial charge in [0.15, 0.2) is 0 Å². The topological polar surface area (TPSA) is 34.8 Å². The van der Waals surface area contributed by atoms with Crippen molar-refractivity contribution in [1.82, 2.24) is 19.4 Å². The van der Waals surface area contributed by atoms with Crippen molar-refractivity contribution in [3.8, 4) is 0 Å². The molecule has 0 amide bonds. The third kappa shape index (κ3) is 2.34. The first-order chi connectivity index (χ1) is 9.79. The molecule has 2 heterocycles. The Bertz CT molecular complexity index is 708. The van der Waals surface area contributed by atoms with Crippen molar-refractivity contribution in [2.24, 2.45) is 7.05 Å². The molecule has 4 heteroatoms. The second-order valence-corrected chi connectivity index (χ2v) is 5.07. The molecule has 1 aromatic carbocycles. The zero-order valence-electron chi connectivity index (χ0n) is 12.0. The molecule has 0 atom stereocenters. The first kappa shape index (κ1) is 12.9. The maximum absolute atomic E-state index is 4.18. The number of hydrogen-bond acceptors (Lipinski definition) is 2. The van der Waals surface area contributed by atoms with Gasteiger partial charge in [0.1, 0.15) is 0 Å². The number of fused-ring (bicyclic) bond motifs is 1. The van der Waals surface area contributed by atoms with Gasteiger partial charge >= 0.3 is 0 Å². The van der Waals surface area contributed by atoms with E-state index >= 15 is 0 Å². The van der Waals surface area contributed by atoms with E-state index in [2.05, 4.69) is 56.8 Å². The fourth-order valence-electron chi connectivity index (χ4n) is 2.55. The average molecular weight is 268 g/mol. The number of imidazole rings is 1. The Hall–Kier alpha value is -2.07. The van der Waals surface area contributed by atoms with Crippen LogP contribution in [0.2, 0.25) is 0 Å². The van der Waals surface area contributed by atoms with E-state index in [1.54, 1.807) is 0 Å². The minimum absolute atomic E-state index is 0.852. The Morgan fingerprint density at radius 3 is 2.90 bits per heavy atom. The van der Waals surface area contributed by atoms with Crippen LogP contribution in [0.1, 0.15) is 18.2 Å². The molecule has 2 aromatic heterocycles. The number of benzene rings is 1. The Kier molecular flexibility index (Phi) is 3.56. The van der Waals surface area contributed by atoms with E-state index in [0.29, 0.717) is 0 Å². The predicted molar refractivity (Wildman–Crippen MR) is 81.6 cm³/mol. The minimum Gasteiger partial charge on any atom is -0.341 e. The lowest BCUT2D eigenvalue weighted by Crippen LogP contribution is -2.11. The highest BCUT2D eigenvalue weighted by atomic mass is 15.1. The van der Waals surface area contributed by atoms with Crippen LogP contribution in [0.15, 0.2) is 43.0 Å². The van der Waals surface area contributed by atoms with E-state index in [0.717, 1.165) is 19.6 Å². The van der Waals surface area contributed by atoms with Gasteiger partial charge in [0, 0.05) is 36.9 Å². The summed E-state index contributed by atoms with van der Waals surface area (Å²) in [5.41, 5.74) is 3.84. The van der Waals surface area contributed by atoms with Crippen molar-refractivity contribution >= 4 is 10.9 Å². The number of hydrogen-bond donors (Lipinski definition) is 1. The van der Waals surface area contributed by atoms with Gasteiger partial charge in [-0.05, 0) is 24.2 Å². The standard InChI is InChI=1S/C16H20N4/c1-3-17-9-13-5-4-6-16-15(13)7-8-20(16)11-14-10-18-12-19(14)2/h4-8,10,12,17H,3,9,11H2,1-2H3. The van der Waals surface area contributed by atoms with Crippen LogP contribution in [0.25, 0.3) is 10.9 Å². The van der Waals surface area contributed by atoms with Crippen molar-refractivity contribution < 1.29 is 0 Å². The molecule has 0 saturated heterocycles. The van der Waals surface area contributed by atoms with Gasteiger partial charge < -0.3 is 14.5 Å². The van der Waals surface area contributed by atoms with E-state index in [-0.39, 0.29) is 0 Å². The van der Waals surface area contributed by atoms with E-state index < -0.39 is 0 Å². The highest BCUT2D eigenvalue weighted by Gasteiger charge is 2.07. The van der Waals surface area contributed by atoms with Gasteiger partial charge in [-0.2, -0.15) is 0 Å². The smallest absolute Gasteiger partial charge is 0.0946 e. The van der Waals surface area contributed by atoms with Crippen molar-refractivity contribution in [3.63, 3.8) is 0 Å². The lowest BCUT2D eigenvalue weighted by molar-refractivity contribution is 0.729. The Morgan fingerprint density at radius 2 is 2.15 bits per heavy atom. The predicted octanol–water partition coefficient (Wildman–Crippen LogP) is 2.53. The molecule has 0 spiro atoms. The second kappa shape index (κ2) is 5.51. The van der Waals surface area contributed by atoms with E-state index in [1.165, 1.54) is 22.2 Å². The van der Waals surface area contributed by atoms with Gasteiger partial charge in [-0.25, -0.2) is 4.98 Å². The molecule has 0 radical (unpaired) electrons. The zero-order valence-corrected chi connectivity index (χ0v) is 12.0. The molecule has 0 aliphatic rings. The third-order valence-electron chi connectivity index (χ3n) is 3.72. The average Bonchev–Trinajstić information content (AvgIpc) is 3.05. The first-order valence-electron chi connectivity index (χ1n) is 7.02. The molecule has 0 fully saturated rings. The molecule has 20 heavy (non-hydrogen) atoms. The van der Waals surface area contributed by atoms with E-state index in [4.69, 9.17) is 0 Å². The minimum atomic E-state index is 0.852. The molecule has 104 valence electrons. The fourth-order valence-corrected chi connectivity index (χ4v) is 2.55. The van der Waals surface area contributed by atoms with Gasteiger partial charge in [0.2, 0.25) is 0 Å². The molecule has 0 aliphatic carbocycles. The number of nitrogens with one attached hydrogen (secondary N) is 1. The van der Waals surface area contributed by atoms with Crippen LogP contribution >= 0.6 is 0 Å². The van der Waals surface area contributed by atoms with Crippen LogP contribution in [-0.4, -0.2) is 20.7 Å². The largest absolute Gasteiger partial charge is 0.341 e. The van der Waals surface area contributed by atoms with Gasteiger partial charge in [-0.1, -0.05) is 19.1 Å². The molecule has 0 saturated carbocycles. The van der Waals surface area contributed by atoms with Gasteiger partial charge in [-0.3, -0.25) is 0 Å². The van der Waals surface area contributed by atoms with Crippen molar-refractivity contribution in [3.05, 3.63) is 54.2 Å². The molecule has 0 unspecified atom stereocenters. The number of aryl methyl sites for hydroxylation is 1. The number of nitrogens with zero attached hydrogens (tertiary/aromatic N) is 3. The van der Waals surface area contributed by atoms with Crippen LogP contribution in [-0.2, 0) is 20.1 Å². The van der Waals surface area contributed by atoms with Crippen molar-refractivity contribution in [1.29, 1.82) is 0 Å². The summed E-state index contributed by atoms with van der Waals surface area (Å²) in [6.07, 6.45) is 5.93. The summed E-state index contributed by atoms with van der Waals surface area (Å²) in [4.78, 5) is 4.18. The molecule has 4 nitrogen and oxygen atoms in total. The molecule has 3 rings (SSSR count). The van der Waals surface area contributed by atoms with E-state index in [9.17, 15) is 0 Å². The van der Waals surface area contributed by atoms with Gasteiger partial charge in [-0.15, -0.1) is 0 Å². The maximum Gasteiger partial charge on any atom is 0.0946 e. The molecule has 0 bridgehead atoms. The summed E-state index contributed by atoms with van der Waals surface area (Å²) in [6.45, 7) is 4.90. The Labute approximate surface area is 119 Å². The van der Waals surface area contributed by atoms with Crippen LogP contribution in [0.4, 0.5) is 0 Å². The highest BCUT2D eigenvalue weighted by Crippen LogP contribution is 2.21. The fraction of sp³-hybridized carbons (Fsp3) is 0.312. The normalized spacial score (nSPS) is 11.3. The lowest BCUT2D eigenvalue weighted by atomic mass is 10.1. The maximum atomic E-state index is 4.18. The monoisotopic (exact) mass is 268 g/mol. The SMILES string of the molecule is CCNCc1cccc2c1ccn2Cc1cncn1C. The Balaban J connectivity index is 1.95. The quantitative estimate of drug-likeness (QED) is 0.771. The molecular formula is C16H20N4. The van der Waals surface area contributed by atoms with Crippen LogP contribution in [0, 0.1) is 0 Å². The molecule has 3 aromatic rings. The van der Waals surface area contributed by atoms with E-state index in [1.807, 2.05) is 19.6 Å². The summed E-state index contributed by atoms with van der Waals surface area (Å²) in [5, 5.41) is 4.73. The van der Waals surface area contributed by atoms with Crippen molar-refractivity contribution in [2.45, 2.75) is 20.0 Å². The first-order valence-corrected chi connectivity index (χ1v) is 7.02. The summed E-state index contributed by atoms with van der Waals surface area (Å²) in [6, 6.07) is 8.72. The number of aromatic nitrogens is 3. The third-order valence-corrected chi connectivity index (χ3v) is 3.72. The van der Waals surface area contributed by atoms with Crippen LogP contribution < -0.4 is 5.32 Å². The van der Waals surface area contributed by atoms with Crippen LogP contribution in [0.3, 0.4) is 0 Å². The summed E-state index contributed by atoms with van der Waals surface area (Å²) in [7, 11) is 2.03. The summed E-state index contributed by atoms with van der Waals surface area (Å²) >= 11 is 0. The van der Waals surface area contributed by atoms with Gasteiger partial charge in [0.25, 0.3) is 0 Å². The lowest BCUT2D eigenvalue weighted by Gasteiger charge is -2.08. The molecule has 1 N–H and O–H groups in total. The highest BCUT2D eigenvalue weighted by molar-refractivity contribution is 5.83. The summed E-state index contributed by atoms with van der Waals surface area (Å²) in [5.74, 6) is 0. The molecular weight excluding hydrogens is 248 g/mol. The zero-order chi connectivity index (χ0) is 13.9. The van der Waals surface area contributed by atoms with Gasteiger partial charge in [0.05, 0.1) is 18.6 Å².